The van der Waals surface area contributed by atoms with Crippen LogP contribution in [0.15, 0.2) is 18.2 Å². The van der Waals surface area contributed by atoms with Gasteiger partial charge < -0.3 is 15.5 Å². The summed E-state index contributed by atoms with van der Waals surface area (Å²) in [5.41, 5.74) is 2.76. The molecule has 2 atom stereocenters. The molecule has 0 radical (unpaired) electrons. The van der Waals surface area contributed by atoms with Crippen LogP contribution in [0, 0.1) is 17.2 Å². The summed E-state index contributed by atoms with van der Waals surface area (Å²) in [5, 5.41) is 15.5. The molecule has 5 heteroatoms. The van der Waals surface area contributed by atoms with Crippen LogP contribution in [0.3, 0.4) is 0 Å². The highest BCUT2D eigenvalue weighted by molar-refractivity contribution is 5.83. The van der Waals surface area contributed by atoms with Gasteiger partial charge in [-0.05, 0) is 37.6 Å². The van der Waals surface area contributed by atoms with E-state index in [0.717, 1.165) is 37.2 Å². The highest BCUT2D eigenvalue weighted by Crippen LogP contribution is 2.33. The van der Waals surface area contributed by atoms with Gasteiger partial charge >= 0.3 is 0 Å². The lowest BCUT2D eigenvalue weighted by Crippen LogP contribution is -2.46. The van der Waals surface area contributed by atoms with Gasteiger partial charge in [0, 0.05) is 19.6 Å². The molecule has 0 aliphatic carbocycles. The minimum absolute atomic E-state index is 0.0716. The van der Waals surface area contributed by atoms with E-state index in [9.17, 15) is 10.1 Å². The molecule has 21 heavy (non-hydrogen) atoms. The van der Waals surface area contributed by atoms with Crippen LogP contribution < -0.4 is 15.5 Å². The molecule has 0 aromatic heterocycles. The zero-order valence-corrected chi connectivity index (χ0v) is 12.2. The zero-order chi connectivity index (χ0) is 14.8. The molecule has 1 aromatic carbocycles. The van der Waals surface area contributed by atoms with Crippen LogP contribution in [0.1, 0.15) is 24.0 Å². The lowest BCUT2D eigenvalue weighted by Gasteiger charge is -2.38. The molecule has 3 rings (SSSR count). The number of carbonyl (C=O) groups is 1. The number of nitrogens with one attached hydrogen (secondary N) is 2. The molecule has 2 aliphatic heterocycles. The van der Waals surface area contributed by atoms with Crippen LogP contribution >= 0.6 is 0 Å². The number of hydrogen-bond donors (Lipinski definition) is 2. The van der Waals surface area contributed by atoms with E-state index in [-0.39, 0.29) is 17.9 Å². The molecular weight excluding hydrogens is 264 g/mol. The molecule has 2 N–H and O–H groups in total. The first kappa shape index (κ1) is 13.9. The van der Waals surface area contributed by atoms with Crippen LogP contribution in [-0.4, -0.2) is 32.1 Å². The SMILES string of the molecule is CNCc1ccc(N2CCCC3C(=O)NCC32)c(C#N)c1. The van der Waals surface area contributed by atoms with E-state index in [1.54, 1.807) is 0 Å². The smallest absolute Gasteiger partial charge is 0.225 e. The Kier molecular flexibility index (Phi) is 3.80. The molecule has 1 amide bonds. The van der Waals surface area contributed by atoms with Gasteiger partial charge in [0.1, 0.15) is 6.07 Å². The predicted octanol–water partition coefficient (Wildman–Crippen LogP) is 0.992. The second kappa shape index (κ2) is 5.74. The number of anilines is 1. The quantitative estimate of drug-likeness (QED) is 0.868. The first-order valence-electron chi connectivity index (χ1n) is 7.46. The Morgan fingerprint density at radius 2 is 2.38 bits per heavy atom. The number of nitrogens with zero attached hydrogens (tertiary/aromatic N) is 2. The predicted molar refractivity (Wildman–Crippen MR) is 80.8 cm³/mol. The number of carbonyl (C=O) groups excluding carboxylic acids is 1. The second-order valence-electron chi connectivity index (χ2n) is 5.75. The van der Waals surface area contributed by atoms with E-state index >= 15 is 0 Å². The van der Waals surface area contributed by atoms with Crippen LogP contribution in [0.2, 0.25) is 0 Å². The van der Waals surface area contributed by atoms with Crippen molar-refractivity contribution in [2.24, 2.45) is 5.92 Å². The molecule has 0 spiro atoms. The highest BCUT2D eigenvalue weighted by Gasteiger charge is 2.41. The van der Waals surface area contributed by atoms with Crippen molar-refractivity contribution in [2.75, 3.05) is 25.0 Å². The maximum Gasteiger partial charge on any atom is 0.225 e. The molecule has 2 heterocycles. The van der Waals surface area contributed by atoms with Gasteiger partial charge in [-0.2, -0.15) is 5.26 Å². The van der Waals surface area contributed by atoms with Gasteiger partial charge in [-0.1, -0.05) is 6.07 Å². The summed E-state index contributed by atoms with van der Waals surface area (Å²) in [5.74, 6) is 0.234. The molecule has 110 valence electrons. The van der Waals surface area contributed by atoms with Crippen molar-refractivity contribution in [3.63, 3.8) is 0 Å². The number of hydrogen-bond acceptors (Lipinski definition) is 4. The Bertz CT molecular complexity index is 592. The zero-order valence-electron chi connectivity index (χ0n) is 12.2. The maximum absolute atomic E-state index is 11.9. The summed E-state index contributed by atoms with van der Waals surface area (Å²) in [6.45, 7) is 2.35. The van der Waals surface area contributed by atoms with E-state index in [2.05, 4.69) is 27.7 Å². The Hall–Kier alpha value is -2.06. The number of fused-ring (bicyclic) bond motifs is 1. The molecule has 0 bridgehead atoms. The summed E-state index contributed by atoms with van der Waals surface area (Å²) in [4.78, 5) is 14.1. The molecule has 2 fully saturated rings. The first-order chi connectivity index (χ1) is 10.2. The summed E-state index contributed by atoms with van der Waals surface area (Å²) < 4.78 is 0. The van der Waals surface area contributed by atoms with Gasteiger partial charge in [-0.3, -0.25) is 4.79 Å². The maximum atomic E-state index is 11.9. The minimum Gasteiger partial charge on any atom is -0.365 e. The fourth-order valence-corrected chi connectivity index (χ4v) is 3.49. The third-order valence-corrected chi connectivity index (χ3v) is 4.47. The Balaban J connectivity index is 1.92. The summed E-state index contributed by atoms with van der Waals surface area (Å²) in [7, 11) is 1.89. The van der Waals surface area contributed by atoms with Crippen molar-refractivity contribution < 1.29 is 4.79 Å². The van der Waals surface area contributed by atoms with Crippen molar-refractivity contribution in [1.29, 1.82) is 5.26 Å². The fraction of sp³-hybridized carbons (Fsp3) is 0.500. The molecule has 0 saturated carbocycles. The lowest BCUT2D eigenvalue weighted by molar-refractivity contribution is -0.122. The molecule has 2 unspecified atom stereocenters. The average molecular weight is 284 g/mol. The van der Waals surface area contributed by atoms with Crippen molar-refractivity contribution in [3.05, 3.63) is 29.3 Å². The number of nitriles is 1. The second-order valence-corrected chi connectivity index (χ2v) is 5.75. The Morgan fingerprint density at radius 3 is 3.14 bits per heavy atom. The Labute approximate surface area is 124 Å². The molecule has 1 aromatic rings. The topological polar surface area (TPSA) is 68.2 Å². The van der Waals surface area contributed by atoms with E-state index < -0.39 is 0 Å². The molecule has 5 nitrogen and oxygen atoms in total. The van der Waals surface area contributed by atoms with Crippen LogP contribution in [0.4, 0.5) is 5.69 Å². The van der Waals surface area contributed by atoms with Gasteiger partial charge in [0.05, 0.1) is 23.2 Å². The van der Waals surface area contributed by atoms with Crippen molar-refractivity contribution in [1.82, 2.24) is 10.6 Å². The number of piperidine rings is 1. The van der Waals surface area contributed by atoms with Crippen LogP contribution in [-0.2, 0) is 11.3 Å². The van der Waals surface area contributed by atoms with E-state index in [4.69, 9.17) is 0 Å². The standard InChI is InChI=1S/C16H20N4O/c1-18-9-11-4-5-14(12(7-11)8-17)20-6-2-3-13-15(20)10-19-16(13)21/h4-5,7,13,15,18H,2-3,6,9-10H2,1H3,(H,19,21). The van der Waals surface area contributed by atoms with Crippen LogP contribution in [0.25, 0.3) is 0 Å². The molecular formula is C16H20N4O. The number of benzene rings is 1. The van der Waals surface area contributed by atoms with Gasteiger partial charge in [-0.25, -0.2) is 0 Å². The monoisotopic (exact) mass is 284 g/mol. The molecule has 2 aliphatic rings. The average Bonchev–Trinajstić information content (AvgIpc) is 2.89. The third kappa shape index (κ3) is 2.47. The largest absolute Gasteiger partial charge is 0.365 e. The van der Waals surface area contributed by atoms with Gasteiger partial charge in [0.15, 0.2) is 0 Å². The summed E-state index contributed by atoms with van der Waals surface area (Å²) >= 11 is 0. The van der Waals surface area contributed by atoms with Crippen molar-refractivity contribution in [3.8, 4) is 6.07 Å². The van der Waals surface area contributed by atoms with Gasteiger partial charge in [-0.15, -0.1) is 0 Å². The Morgan fingerprint density at radius 1 is 1.52 bits per heavy atom. The van der Waals surface area contributed by atoms with Gasteiger partial charge in [0.2, 0.25) is 5.91 Å². The van der Waals surface area contributed by atoms with E-state index in [1.165, 1.54) is 0 Å². The van der Waals surface area contributed by atoms with Gasteiger partial charge in [0.25, 0.3) is 0 Å². The first-order valence-corrected chi connectivity index (χ1v) is 7.46. The summed E-state index contributed by atoms with van der Waals surface area (Å²) in [6.07, 6.45) is 1.95. The minimum atomic E-state index is 0.0716. The third-order valence-electron chi connectivity index (χ3n) is 4.47. The van der Waals surface area contributed by atoms with Crippen molar-refractivity contribution in [2.45, 2.75) is 25.4 Å². The van der Waals surface area contributed by atoms with Crippen molar-refractivity contribution >= 4 is 11.6 Å². The lowest BCUT2D eigenvalue weighted by atomic mass is 9.90. The summed E-state index contributed by atoms with van der Waals surface area (Å²) in [6, 6.07) is 8.52. The molecule has 2 saturated heterocycles. The normalized spacial score (nSPS) is 24.4. The number of rotatable bonds is 3. The van der Waals surface area contributed by atoms with E-state index in [0.29, 0.717) is 12.1 Å². The number of amides is 1. The fourth-order valence-electron chi connectivity index (χ4n) is 3.49. The van der Waals surface area contributed by atoms with Crippen LogP contribution in [0.5, 0.6) is 0 Å². The highest BCUT2D eigenvalue weighted by atomic mass is 16.2. The van der Waals surface area contributed by atoms with E-state index in [1.807, 2.05) is 19.2 Å².